The van der Waals surface area contributed by atoms with Crippen LogP contribution in [-0.4, -0.2) is 0 Å². The topological polar surface area (TPSA) is 26.0 Å². The Morgan fingerprint density at radius 2 is 1.59 bits per heavy atom. The molecule has 0 atom stereocenters. The van der Waals surface area contributed by atoms with Crippen molar-refractivity contribution >= 4 is 21.4 Å². The van der Waals surface area contributed by atoms with E-state index in [0.29, 0.717) is 17.7 Å². The summed E-state index contributed by atoms with van der Waals surface area (Å²) in [6.45, 7) is 0.436. The Labute approximate surface area is 158 Å². The summed E-state index contributed by atoms with van der Waals surface area (Å²) in [5.41, 5.74) is 7.38. The maximum atomic E-state index is 13.7. The minimum absolute atomic E-state index is 0.193. The zero-order chi connectivity index (χ0) is 19.0. The lowest BCUT2D eigenvalue weighted by Gasteiger charge is -2.14. The Morgan fingerprint density at radius 3 is 2.30 bits per heavy atom. The number of hydrogen-bond acceptors (Lipinski definition) is 2. The molecule has 4 rings (SSSR count). The lowest BCUT2D eigenvalue weighted by Crippen LogP contribution is -2.07. The highest BCUT2D eigenvalue weighted by molar-refractivity contribution is 7.22. The molecule has 2 N–H and O–H groups in total. The molecule has 3 aromatic carbocycles. The summed E-state index contributed by atoms with van der Waals surface area (Å²) in [6, 6.07) is 21.0. The van der Waals surface area contributed by atoms with Crippen molar-refractivity contribution < 1.29 is 13.2 Å². The maximum absolute atomic E-state index is 13.7. The van der Waals surface area contributed by atoms with Crippen molar-refractivity contribution in [3.63, 3.8) is 0 Å². The van der Waals surface area contributed by atoms with Gasteiger partial charge in [0.2, 0.25) is 0 Å². The van der Waals surface area contributed by atoms with Crippen LogP contribution in [0.3, 0.4) is 0 Å². The highest BCUT2D eigenvalue weighted by Gasteiger charge is 2.34. The fourth-order valence-electron chi connectivity index (χ4n) is 3.16. The van der Waals surface area contributed by atoms with Gasteiger partial charge in [-0.2, -0.15) is 13.2 Å². The number of rotatable bonds is 3. The van der Waals surface area contributed by atoms with Crippen molar-refractivity contribution in [1.82, 2.24) is 0 Å². The van der Waals surface area contributed by atoms with Crippen LogP contribution in [0.4, 0.5) is 13.2 Å². The van der Waals surface area contributed by atoms with E-state index in [9.17, 15) is 13.2 Å². The number of nitrogens with two attached hydrogens (primary N) is 1. The second-order valence-corrected chi connectivity index (χ2v) is 7.39. The van der Waals surface area contributed by atoms with Crippen LogP contribution in [0.1, 0.15) is 11.1 Å². The number of benzene rings is 3. The molecule has 1 aromatic heterocycles. The standard InChI is InChI=1S/C22H16F3NS/c23-22(24,25)19-11-16(7-8-18(19)15-4-2-1-3-5-15)21-12-17-10-14(13-26)6-9-20(17)27-21/h1-12H,13,26H2. The molecule has 1 heterocycles. The molecule has 4 aromatic rings. The van der Waals surface area contributed by atoms with Gasteiger partial charge >= 0.3 is 6.18 Å². The summed E-state index contributed by atoms with van der Waals surface area (Å²) in [4.78, 5) is 0.810. The van der Waals surface area contributed by atoms with Gasteiger partial charge in [-0.3, -0.25) is 0 Å². The predicted octanol–water partition coefficient (Wildman–Crippen LogP) is 6.71. The fraction of sp³-hybridized carbons (Fsp3) is 0.0909. The zero-order valence-corrected chi connectivity index (χ0v) is 15.1. The van der Waals surface area contributed by atoms with Crippen LogP contribution in [0.5, 0.6) is 0 Å². The van der Waals surface area contributed by atoms with Gasteiger partial charge in [0.05, 0.1) is 5.56 Å². The van der Waals surface area contributed by atoms with E-state index in [1.54, 1.807) is 42.5 Å². The quantitative estimate of drug-likeness (QED) is 0.418. The van der Waals surface area contributed by atoms with Crippen molar-refractivity contribution in [1.29, 1.82) is 0 Å². The van der Waals surface area contributed by atoms with Gasteiger partial charge in [0, 0.05) is 16.1 Å². The second-order valence-electron chi connectivity index (χ2n) is 6.31. The van der Waals surface area contributed by atoms with E-state index in [1.807, 2.05) is 24.3 Å². The third-order valence-corrected chi connectivity index (χ3v) is 5.68. The summed E-state index contributed by atoms with van der Waals surface area (Å²) < 4.78 is 42.2. The summed E-state index contributed by atoms with van der Waals surface area (Å²) in [5.74, 6) is 0. The van der Waals surface area contributed by atoms with Crippen LogP contribution < -0.4 is 5.73 Å². The minimum Gasteiger partial charge on any atom is -0.326 e. The first kappa shape index (κ1) is 17.8. The molecule has 0 bridgehead atoms. The Kier molecular flexibility index (Phi) is 4.50. The molecule has 0 aliphatic carbocycles. The molecule has 0 unspecified atom stereocenters. The van der Waals surface area contributed by atoms with Crippen LogP contribution >= 0.6 is 11.3 Å². The smallest absolute Gasteiger partial charge is 0.326 e. The van der Waals surface area contributed by atoms with Crippen LogP contribution in [0.15, 0.2) is 72.8 Å². The van der Waals surface area contributed by atoms with E-state index >= 15 is 0 Å². The van der Waals surface area contributed by atoms with Crippen LogP contribution in [0.2, 0.25) is 0 Å². The Hall–Kier alpha value is -2.63. The van der Waals surface area contributed by atoms with Gasteiger partial charge in [-0.1, -0.05) is 48.5 Å². The van der Waals surface area contributed by atoms with E-state index in [0.717, 1.165) is 20.5 Å². The molecule has 27 heavy (non-hydrogen) atoms. The molecule has 0 radical (unpaired) electrons. The number of hydrogen-bond donors (Lipinski definition) is 1. The average molecular weight is 383 g/mol. The highest BCUT2D eigenvalue weighted by atomic mass is 32.1. The fourth-order valence-corrected chi connectivity index (χ4v) is 4.20. The third-order valence-electron chi connectivity index (χ3n) is 4.51. The largest absolute Gasteiger partial charge is 0.417 e. The van der Waals surface area contributed by atoms with Gasteiger partial charge in [-0.25, -0.2) is 0 Å². The summed E-state index contributed by atoms with van der Waals surface area (Å²) in [5, 5.41) is 0.999. The lowest BCUT2D eigenvalue weighted by molar-refractivity contribution is -0.137. The molecule has 0 spiro atoms. The number of thiophene rings is 1. The molecule has 0 aliphatic rings. The lowest BCUT2D eigenvalue weighted by atomic mass is 9.96. The van der Waals surface area contributed by atoms with Crippen molar-refractivity contribution in [2.45, 2.75) is 12.7 Å². The minimum atomic E-state index is -4.43. The predicted molar refractivity (Wildman–Crippen MR) is 106 cm³/mol. The van der Waals surface area contributed by atoms with Crippen molar-refractivity contribution in [3.8, 4) is 21.6 Å². The summed E-state index contributed by atoms with van der Waals surface area (Å²) in [6.07, 6.45) is -4.43. The van der Waals surface area contributed by atoms with Crippen molar-refractivity contribution in [2.75, 3.05) is 0 Å². The summed E-state index contributed by atoms with van der Waals surface area (Å²) >= 11 is 1.48. The zero-order valence-electron chi connectivity index (χ0n) is 14.3. The monoisotopic (exact) mass is 383 g/mol. The second kappa shape index (κ2) is 6.83. The van der Waals surface area contributed by atoms with Crippen molar-refractivity contribution in [2.24, 2.45) is 5.73 Å². The number of alkyl halides is 3. The van der Waals surface area contributed by atoms with Gasteiger partial charge < -0.3 is 5.73 Å². The van der Waals surface area contributed by atoms with E-state index in [4.69, 9.17) is 5.73 Å². The Balaban J connectivity index is 1.85. The number of fused-ring (bicyclic) bond motifs is 1. The SMILES string of the molecule is NCc1ccc2sc(-c3ccc(-c4ccccc4)c(C(F)(F)F)c3)cc2c1. The molecule has 0 saturated heterocycles. The summed E-state index contributed by atoms with van der Waals surface area (Å²) in [7, 11) is 0. The molecule has 5 heteroatoms. The third kappa shape index (κ3) is 3.48. The highest BCUT2D eigenvalue weighted by Crippen LogP contribution is 2.41. The van der Waals surface area contributed by atoms with Gasteiger partial charge in [0.15, 0.2) is 0 Å². The molecule has 0 amide bonds. The normalized spacial score (nSPS) is 11.9. The molecule has 0 saturated carbocycles. The Bertz CT molecular complexity index is 1100. The van der Waals surface area contributed by atoms with Crippen LogP contribution in [-0.2, 0) is 12.7 Å². The van der Waals surface area contributed by atoms with E-state index in [-0.39, 0.29) is 5.56 Å². The first-order valence-electron chi connectivity index (χ1n) is 8.45. The van der Waals surface area contributed by atoms with Crippen LogP contribution in [0.25, 0.3) is 31.7 Å². The molecule has 0 fully saturated rings. The maximum Gasteiger partial charge on any atom is 0.417 e. The molecule has 0 aliphatic heterocycles. The molecule has 1 nitrogen and oxygen atoms in total. The van der Waals surface area contributed by atoms with E-state index in [1.165, 1.54) is 17.4 Å². The van der Waals surface area contributed by atoms with E-state index < -0.39 is 11.7 Å². The molecular formula is C22H16F3NS. The Morgan fingerprint density at radius 1 is 0.815 bits per heavy atom. The van der Waals surface area contributed by atoms with Gasteiger partial charge in [-0.05, 0) is 51.9 Å². The first-order valence-corrected chi connectivity index (χ1v) is 9.27. The molecular weight excluding hydrogens is 367 g/mol. The van der Waals surface area contributed by atoms with Gasteiger partial charge in [0.25, 0.3) is 0 Å². The molecule has 136 valence electrons. The number of halogens is 3. The van der Waals surface area contributed by atoms with Crippen LogP contribution in [0, 0.1) is 0 Å². The van der Waals surface area contributed by atoms with Gasteiger partial charge in [-0.15, -0.1) is 11.3 Å². The van der Waals surface area contributed by atoms with E-state index in [2.05, 4.69) is 0 Å². The van der Waals surface area contributed by atoms with Gasteiger partial charge in [0.1, 0.15) is 0 Å². The average Bonchev–Trinajstić information content (AvgIpc) is 3.10. The van der Waals surface area contributed by atoms with Crippen molar-refractivity contribution in [3.05, 3.63) is 83.9 Å². The first-order chi connectivity index (χ1) is 13.0.